The number of allylic oxidation sites excluding steroid dienone is 1. The van der Waals surface area contributed by atoms with E-state index in [1.165, 1.54) is 46.1 Å². The van der Waals surface area contributed by atoms with Crippen LogP contribution in [0.5, 0.6) is 0 Å². The number of hydrogen-bond donors (Lipinski definition) is 4. The average Bonchev–Trinajstić information content (AvgIpc) is 3.29. The lowest BCUT2D eigenvalue weighted by Gasteiger charge is -2.18. The average molecular weight is 515 g/mol. The molecule has 4 N–H and O–H groups in total. The number of rotatable bonds is 14. The number of aliphatic carboxylic acids is 1. The van der Waals surface area contributed by atoms with Gasteiger partial charge >= 0.3 is 5.97 Å². The van der Waals surface area contributed by atoms with E-state index in [4.69, 9.17) is 5.11 Å². The van der Waals surface area contributed by atoms with Crippen molar-refractivity contribution in [2.45, 2.75) is 52.1 Å². The third-order valence-electron chi connectivity index (χ3n) is 5.89. The minimum atomic E-state index is -1.13. The molecule has 2 aromatic rings. The number of aryl methyl sites for hydroxylation is 1. The van der Waals surface area contributed by atoms with Crippen LogP contribution in [0.15, 0.2) is 47.8 Å². The van der Waals surface area contributed by atoms with Crippen LogP contribution in [-0.4, -0.2) is 55.5 Å². The maximum atomic E-state index is 13.0. The minimum Gasteiger partial charge on any atom is -0.478 e. The van der Waals surface area contributed by atoms with E-state index in [1.807, 2.05) is 13.8 Å². The van der Waals surface area contributed by atoms with Crippen LogP contribution in [0.2, 0.25) is 0 Å². The molecule has 12 heteroatoms. The zero-order chi connectivity index (χ0) is 27.4. The number of anilines is 1. The highest BCUT2D eigenvalue weighted by molar-refractivity contribution is 6.00. The van der Waals surface area contributed by atoms with Gasteiger partial charge in [-0.2, -0.15) is 0 Å². The van der Waals surface area contributed by atoms with Crippen LogP contribution < -0.4 is 21.5 Å². The third kappa shape index (κ3) is 9.06. The summed E-state index contributed by atoms with van der Waals surface area (Å²) in [4.78, 5) is 65.5. The fraction of sp³-hybridized carbons (Fsp3) is 0.440. The fourth-order valence-corrected chi connectivity index (χ4v) is 3.55. The summed E-state index contributed by atoms with van der Waals surface area (Å²) in [6.45, 7) is 4.41. The molecule has 12 nitrogen and oxygen atoms in total. The Morgan fingerprint density at radius 3 is 2.54 bits per heavy atom. The molecule has 0 bridgehead atoms. The summed E-state index contributed by atoms with van der Waals surface area (Å²) in [5, 5.41) is 16.7. The van der Waals surface area contributed by atoms with E-state index in [1.54, 1.807) is 7.05 Å². The highest BCUT2D eigenvalue weighted by Gasteiger charge is 2.23. The van der Waals surface area contributed by atoms with Gasteiger partial charge in [0, 0.05) is 25.9 Å². The number of amides is 3. The van der Waals surface area contributed by atoms with E-state index >= 15 is 0 Å². The molecule has 2 aromatic heterocycles. The van der Waals surface area contributed by atoms with Crippen molar-refractivity contribution < 1.29 is 24.3 Å². The van der Waals surface area contributed by atoms with Gasteiger partial charge in [-0.25, -0.2) is 9.78 Å². The topological polar surface area (TPSA) is 164 Å². The summed E-state index contributed by atoms with van der Waals surface area (Å²) in [5.74, 6) is -2.30. The van der Waals surface area contributed by atoms with Crippen molar-refractivity contribution in [1.82, 2.24) is 24.8 Å². The van der Waals surface area contributed by atoms with Crippen molar-refractivity contribution in [3.05, 3.63) is 59.1 Å². The molecule has 0 aliphatic rings. The Morgan fingerprint density at radius 1 is 1.19 bits per heavy atom. The van der Waals surface area contributed by atoms with Crippen LogP contribution in [0.1, 0.15) is 50.0 Å². The van der Waals surface area contributed by atoms with E-state index in [2.05, 4.69) is 20.9 Å². The molecule has 2 heterocycles. The number of pyridine rings is 1. The first kappa shape index (κ1) is 29.0. The first-order chi connectivity index (χ1) is 17.7. The molecular formula is C25H34N6O6. The Kier molecular flexibility index (Phi) is 11.3. The molecule has 0 aliphatic carbocycles. The van der Waals surface area contributed by atoms with Crippen molar-refractivity contribution in [1.29, 1.82) is 0 Å². The van der Waals surface area contributed by atoms with Gasteiger partial charge in [0.15, 0.2) is 0 Å². The third-order valence-corrected chi connectivity index (χ3v) is 5.89. The number of nitrogens with zero attached hydrogens (tertiary/aromatic N) is 3. The number of carboxylic acids is 1. The maximum absolute atomic E-state index is 13.0. The van der Waals surface area contributed by atoms with Crippen LogP contribution in [0.3, 0.4) is 0 Å². The molecule has 0 fully saturated rings. The molecule has 2 rings (SSSR count). The second-order valence-electron chi connectivity index (χ2n) is 8.56. The largest absolute Gasteiger partial charge is 0.478 e. The van der Waals surface area contributed by atoms with Crippen molar-refractivity contribution in [3.8, 4) is 0 Å². The van der Waals surface area contributed by atoms with Crippen molar-refractivity contribution in [2.75, 3.05) is 11.9 Å². The lowest BCUT2D eigenvalue weighted by atomic mass is 10.0. The lowest BCUT2D eigenvalue weighted by molar-refractivity contribution is -0.131. The zero-order valence-corrected chi connectivity index (χ0v) is 21.3. The lowest BCUT2D eigenvalue weighted by Crippen LogP contribution is -2.45. The molecule has 0 saturated carbocycles. The molecule has 200 valence electrons. The summed E-state index contributed by atoms with van der Waals surface area (Å²) >= 11 is 0. The van der Waals surface area contributed by atoms with Crippen LogP contribution in [0.4, 0.5) is 5.69 Å². The smallest absolute Gasteiger partial charge is 0.327 e. The zero-order valence-electron chi connectivity index (χ0n) is 21.3. The molecule has 3 amide bonds. The predicted octanol–water partition coefficient (Wildman–Crippen LogP) is 1.29. The second kappa shape index (κ2) is 14.4. The number of carbonyl (C=O) groups is 4. The van der Waals surface area contributed by atoms with Gasteiger partial charge in [-0.05, 0) is 30.9 Å². The van der Waals surface area contributed by atoms with E-state index in [-0.39, 0.29) is 36.7 Å². The molecular weight excluding hydrogens is 480 g/mol. The van der Waals surface area contributed by atoms with E-state index in [9.17, 15) is 24.0 Å². The fourth-order valence-electron chi connectivity index (χ4n) is 3.55. The number of imidazole rings is 1. The van der Waals surface area contributed by atoms with Crippen LogP contribution in [-0.2, 0) is 28.0 Å². The first-order valence-electron chi connectivity index (χ1n) is 12.1. The molecule has 0 aromatic carbocycles. The quantitative estimate of drug-likeness (QED) is 0.276. The molecule has 0 saturated heterocycles. The Bertz CT molecular complexity index is 1180. The normalized spacial score (nSPS) is 11.9. The Morgan fingerprint density at radius 2 is 1.92 bits per heavy atom. The van der Waals surface area contributed by atoms with Gasteiger partial charge in [0.25, 0.3) is 11.5 Å². The molecule has 0 aliphatic heterocycles. The molecule has 1 atom stereocenters. The number of aromatic nitrogens is 3. The van der Waals surface area contributed by atoms with Gasteiger partial charge in [-0.3, -0.25) is 19.2 Å². The summed E-state index contributed by atoms with van der Waals surface area (Å²) in [6.07, 6.45) is 8.69. The monoisotopic (exact) mass is 514 g/mol. The highest BCUT2D eigenvalue weighted by atomic mass is 16.4. The standard InChI is InChI=1S/C25H34N6O6/c1-4-17(5-2)13-27-21(32)15-31-12-8-10-19(25(31)37)29-23(35)18(9-6-7-11-22(33)34)28-24(36)20-14-26-16-30(20)3/h7-8,10-12,14,16-18H,4-6,9,13,15H2,1-3H3,(H,27,32)(H,28,36)(H,29,35)(H,33,34)/b11-7+. The number of hydrogen-bond acceptors (Lipinski definition) is 6. The number of carbonyl (C=O) groups excluding carboxylic acids is 3. The van der Waals surface area contributed by atoms with Gasteiger partial charge in [-0.1, -0.05) is 32.8 Å². The van der Waals surface area contributed by atoms with E-state index < -0.39 is 29.4 Å². The summed E-state index contributed by atoms with van der Waals surface area (Å²) in [6, 6.07) is 1.87. The Balaban J connectivity index is 2.13. The summed E-state index contributed by atoms with van der Waals surface area (Å²) in [7, 11) is 1.62. The van der Waals surface area contributed by atoms with E-state index in [0.717, 1.165) is 18.9 Å². The molecule has 37 heavy (non-hydrogen) atoms. The van der Waals surface area contributed by atoms with Gasteiger partial charge in [-0.15, -0.1) is 0 Å². The maximum Gasteiger partial charge on any atom is 0.327 e. The summed E-state index contributed by atoms with van der Waals surface area (Å²) in [5.41, 5.74) is -0.405. The van der Waals surface area contributed by atoms with Gasteiger partial charge in [0.05, 0.1) is 12.5 Å². The molecule has 1 unspecified atom stereocenters. The number of carboxylic acid groups (broad SMARTS) is 1. The van der Waals surface area contributed by atoms with Crippen molar-refractivity contribution in [3.63, 3.8) is 0 Å². The second-order valence-corrected chi connectivity index (χ2v) is 8.56. The van der Waals surface area contributed by atoms with Gasteiger partial charge < -0.3 is 30.2 Å². The highest BCUT2D eigenvalue weighted by Crippen LogP contribution is 2.08. The first-order valence-corrected chi connectivity index (χ1v) is 12.1. The predicted molar refractivity (Wildman–Crippen MR) is 137 cm³/mol. The van der Waals surface area contributed by atoms with Crippen LogP contribution >= 0.6 is 0 Å². The SMILES string of the molecule is CCC(CC)CNC(=O)Cn1cccc(NC(=O)C(CC/C=C/C(=O)O)NC(=O)c2cncn2C)c1=O. The van der Waals surface area contributed by atoms with E-state index in [0.29, 0.717) is 12.5 Å². The van der Waals surface area contributed by atoms with Crippen molar-refractivity contribution >= 4 is 29.4 Å². The van der Waals surface area contributed by atoms with Gasteiger partial charge in [0.1, 0.15) is 24.0 Å². The van der Waals surface area contributed by atoms with Crippen LogP contribution in [0, 0.1) is 5.92 Å². The van der Waals surface area contributed by atoms with Crippen molar-refractivity contribution in [2.24, 2.45) is 13.0 Å². The van der Waals surface area contributed by atoms with Gasteiger partial charge in [0.2, 0.25) is 11.8 Å². The Labute approximate surface area is 214 Å². The summed E-state index contributed by atoms with van der Waals surface area (Å²) < 4.78 is 2.68. The number of nitrogens with one attached hydrogen (secondary N) is 3. The Hall–Kier alpha value is -4.22. The minimum absolute atomic E-state index is 0.0545. The molecule has 0 spiro atoms. The van der Waals surface area contributed by atoms with Crippen LogP contribution in [0.25, 0.3) is 0 Å². The molecule has 0 radical (unpaired) electrons.